The van der Waals surface area contributed by atoms with Crippen molar-refractivity contribution in [2.24, 2.45) is 0 Å². The molecule has 0 fully saturated rings. The van der Waals surface area contributed by atoms with Gasteiger partial charge in [0, 0.05) is 11.8 Å². The standard InChI is InChI=1S/C18H14F3NO3S/c1-10-4-3-5-12(8-10)16-15(17(18(20)21)25-22-16)11-6-7-14(13(19)9-11)26(2,23)24/h3-9,18H,1-2H3. The minimum atomic E-state index is -3.78. The van der Waals surface area contributed by atoms with Gasteiger partial charge in [-0.15, -0.1) is 0 Å². The van der Waals surface area contributed by atoms with Crippen LogP contribution in [-0.2, 0) is 9.84 Å². The molecule has 0 unspecified atom stereocenters. The Morgan fingerprint density at radius 2 is 1.81 bits per heavy atom. The first-order chi connectivity index (χ1) is 12.2. The van der Waals surface area contributed by atoms with Crippen molar-refractivity contribution in [3.05, 3.63) is 59.6 Å². The van der Waals surface area contributed by atoms with Gasteiger partial charge in [-0.05, 0) is 30.7 Å². The molecule has 0 atom stereocenters. The summed E-state index contributed by atoms with van der Waals surface area (Å²) in [7, 11) is -3.78. The molecule has 2 aromatic carbocycles. The molecule has 1 aromatic heterocycles. The van der Waals surface area contributed by atoms with E-state index in [0.717, 1.165) is 24.0 Å². The van der Waals surface area contributed by atoms with Gasteiger partial charge < -0.3 is 4.52 Å². The quantitative estimate of drug-likeness (QED) is 0.652. The Bertz CT molecular complexity index is 1080. The first kappa shape index (κ1) is 18.2. The molecule has 0 spiro atoms. The maximum atomic E-state index is 14.3. The Kier molecular flexibility index (Phi) is 4.62. The largest absolute Gasteiger partial charge is 0.354 e. The van der Waals surface area contributed by atoms with Crippen LogP contribution in [0.5, 0.6) is 0 Å². The molecule has 0 saturated carbocycles. The SMILES string of the molecule is Cc1cccc(-c2noc(C(F)F)c2-c2ccc(S(C)(=O)=O)c(F)c2)c1. The molecule has 3 rings (SSSR count). The zero-order chi connectivity index (χ0) is 19.1. The van der Waals surface area contributed by atoms with Gasteiger partial charge in [-0.3, -0.25) is 0 Å². The van der Waals surface area contributed by atoms with Crippen LogP contribution in [0.15, 0.2) is 51.9 Å². The molecule has 0 bridgehead atoms. The zero-order valence-electron chi connectivity index (χ0n) is 13.8. The van der Waals surface area contributed by atoms with Crippen LogP contribution in [0.25, 0.3) is 22.4 Å². The summed E-state index contributed by atoms with van der Waals surface area (Å²) in [5.74, 6) is -1.73. The number of benzene rings is 2. The molecule has 136 valence electrons. The van der Waals surface area contributed by atoms with Crippen LogP contribution in [-0.4, -0.2) is 19.8 Å². The van der Waals surface area contributed by atoms with Gasteiger partial charge in [0.1, 0.15) is 16.4 Å². The molecule has 8 heteroatoms. The maximum Gasteiger partial charge on any atom is 0.298 e. The van der Waals surface area contributed by atoms with Gasteiger partial charge in [-0.2, -0.15) is 0 Å². The lowest BCUT2D eigenvalue weighted by molar-refractivity contribution is 0.113. The van der Waals surface area contributed by atoms with Crippen molar-refractivity contribution in [2.45, 2.75) is 18.2 Å². The van der Waals surface area contributed by atoms with E-state index in [-0.39, 0.29) is 16.8 Å². The van der Waals surface area contributed by atoms with Crippen molar-refractivity contribution < 1.29 is 26.1 Å². The van der Waals surface area contributed by atoms with Gasteiger partial charge in [-0.25, -0.2) is 21.6 Å². The summed E-state index contributed by atoms with van der Waals surface area (Å²) in [5.41, 5.74) is 1.54. The van der Waals surface area contributed by atoms with Crippen LogP contribution in [0.3, 0.4) is 0 Å². The lowest BCUT2D eigenvalue weighted by Gasteiger charge is -2.07. The predicted octanol–water partition coefficient (Wildman–Crippen LogP) is 4.80. The van der Waals surface area contributed by atoms with Crippen LogP contribution in [0.1, 0.15) is 17.7 Å². The van der Waals surface area contributed by atoms with Crippen LogP contribution >= 0.6 is 0 Å². The molecule has 26 heavy (non-hydrogen) atoms. The number of aromatic nitrogens is 1. The molecule has 0 amide bonds. The van der Waals surface area contributed by atoms with E-state index in [1.54, 1.807) is 18.2 Å². The van der Waals surface area contributed by atoms with Gasteiger partial charge in [0.15, 0.2) is 9.84 Å². The molecule has 4 nitrogen and oxygen atoms in total. The van der Waals surface area contributed by atoms with Crippen LogP contribution in [0.2, 0.25) is 0 Å². The van der Waals surface area contributed by atoms with Crippen molar-refractivity contribution in [1.29, 1.82) is 0 Å². The summed E-state index contributed by atoms with van der Waals surface area (Å²) in [6, 6.07) is 10.2. The van der Waals surface area contributed by atoms with E-state index in [0.29, 0.717) is 5.56 Å². The van der Waals surface area contributed by atoms with E-state index in [4.69, 9.17) is 4.52 Å². The molecule has 0 aliphatic carbocycles. The number of nitrogens with zero attached hydrogens (tertiary/aromatic N) is 1. The van der Waals surface area contributed by atoms with E-state index >= 15 is 0 Å². The Labute approximate surface area is 148 Å². The Balaban J connectivity index is 2.24. The van der Waals surface area contributed by atoms with Crippen molar-refractivity contribution in [3.8, 4) is 22.4 Å². The molecular formula is C18H14F3NO3S. The van der Waals surface area contributed by atoms with Crippen LogP contribution in [0, 0.1) is 12.7 Å². The number of halogens is 3. The van der Waals surface area contributed by atoms with Crippen molar-refractivity contribution >= 4 is 9.84 Å². The maximum absolute atomic E-state index is 14.3. The molecule has 0 radical (unpaired) electrons. The summed E-state index contributed by atoms with van der Waals surface area (Å²) in [6.07, 6.45) is -2.10. The monoisotopic (exact) mass is 381 g/mol. The highest BCUT2D eigenvalue weighted by molar-refractivity contribution is 7.90. The Hall–Kier alpha value is -2.61. The molecule has 0 aliphatic heterocycles. The summed E-state index contributed by atoms with van der Waals surface area (Å²) < 4.78 is 68.9. The predicted molar refractivity (Wildman–Crippen MR) is 90.1 cm³/mol. The van der Waals surface area contributed by atoms with Crippen molar-refractivity contribution in [1.82, 2.24) is 5.16 Å². The lowest BCUT2D eigenvalue weighted by atomic mass is 9.98. The highest BCUT2D eigenvalue weighted by atomic mass is 32.2. The molecular weight excluding hydrogens is 367 g/mol. The van der Waals surface area contributed by atoms with E-state index in [1.165, 1.54) is 6.07 Å². The topological polar surface area (TPSA) is 60.2 Å². The third-order valence-electron chi connectivity index (χ3n) is 3.83. The summed E-state index contributed by atoms with van der Waals surface area (Å²) in [6.45, 7) is 1.83. The zero-order valence-corrected chi connectivity index (χ0v) is 14.6. The second-order valence-electron chi connectivity index (χ2n) is 5.86. The minimum Gasteiger partial charge on any atom is -0.354 e. The first-order valence-electron chi connectivity index (χ1n) is 7.53. The van der Waals surface area contributed by atoms with E-state index in [9.17, 15) is 21.6 Å². The third-order valence-corrected chi connectivity index (χ3v) is 4.96. The first-order valence-corrected chi connectivity index (χ1v) is 9.42. The van der Waals surface area contributed by atoms with Gasteiger partial charge in [-0.1, -0.05) is 35.0 Å². The highest BCUT2D eigenvalue weighted by Gasteiger charge is 2.27. The van der Waals surface area contributed by atoms with E-state index in [1.807, 2.05) is 13.0 Å². The normalized spacial score (nSPS) is 11.9. The van der Waals surface area contributed by atoms with Crippen LogP contribution in [0.4, 0.5) is 13.2 Å². The molecule has 3 aromatic rings. The second-order valence-corrected chi connectivity index (χ2v) is 7.84. The Morgan fingerprint density at radius 3 is 2.38 bits per heavy atom. The molecule has 0 aliphatic rings. The Morgan fingerprint density at radius 1 is 1.08 bits per heavy atom. The smallest absolute Gasteiger partial charge is 0.298 e. The van der Waals surface area contributed by atoms with Gasteiger partial charge in [0.05, 0.1) is 5.56 Å². The number of sulfone groups is 1. The van der Waals surface area contributed by atoms with E-state index in [2.05, 4.69) is 5.16 Å². The van der Waals surface area contributed by atoms with Crippen molar-refractivity contribution in [3.63, 3.8) is 0 Å². The average Bonchev–Trinajstić information content (AvgIpc) is 2.98. The summed E-state index contributed by atoms with van der Waals surface area (Å²) in [5, 5.41) is 3.73. The van der Waals surface area contributed by atoms with Crippen LogP contribution < -0.4 is 0 Å². The highest BCUT2D eigenvalue weighted by Crippen LogP contribution is 2.39. The van der Waals surface area contributed by atoms with E-state index < -0.39 is 32.7 Å². The fourth-order valence-electron chi connectivity index (χ4n) is 2.68. The minimum absolute atomic E-state index is 0.0583. The van der Waals surface area contributed by atoms with Crippen molar-refractivity contribution in [2.75, 3.05) is 6.26 Å². The summed E-state index contributed by atoms with van der Waals surface area (Å²) >= 11 is 0. The number of alkyl halides is 2. The van der Waals surface area contributed by atoms with Gasteiger partial charge in [0.25, 0.3) is 6.43 Å². The number of hydrogen-bond donors (Lipinski definition) is 0. The molecule has 0 saturated heterocycles. The second kappa shape index (κ2) is 6.60. The number of rotatable bonds is 4. The number of hydrogen-bond acceptors (Lipinski definition) is 4. The third kappa shape index (κ3) is 3.37. The molecule has 0 N–H and O–H groups in total. The molecule has 1 heterocycles. The summed E-state index contributed by atoms with van der Waals surface area (Å²) in [4.78, 5) is -0.506. The average molecular weight is 381 g/mol. The van der Waals surface area contributed by atoms with Gasteiger partial charge >= 0.3 is 0 Å². The lowest BCUT2D eigenvalue weighted by Crippen LogP contribution is -2.01. The fourth-order valence-corrected chi connectivity index (χ4v) is 3.41. The fraction of sp³-hybridized carbons (Fsp3) is 0.167. The number of aryl methyl sites for hydroxylation is 1. The van der Waals surface area contributed by atoms with Gasteiger partial charge in [0.2, 0.25) is 5.76 Å².